The van der Waals surface area contributed by atoms with E-state index in [1.54, 1.807) is 0 Å². The average Bonchev–Trinajstić information content (AvgIpc) is 3.24. The first kappa shape index (κ1) is 23.8. The van der Waals surface area contributed by atoms with Gasteiger partial charge in [0.15, 0.2) is 24.2 Å². The standard InChI is InChI=1S/C26H34NO8/c1-25(2)32-22-11-20(31-24(22)34-25)19(29-14-15-7-5-4-6-8-15)10-17(18-12-27-18)26(3)33-21-9-16(13-28)30-23(21)35-26/h4-8,16-24,28H,9-11,13-14H2,1-3H3/q+1/t16-,17?,18?,19+,20-,21+,22+,23+,24+,26?/m0/s1. The molecule has 1 aromatic carbocycles. The number of ether oxygens (including phenoxy) is 7. The molecule has 0 spiro atoms. The van der Waals surface area contributed by atoms with E-state index in [4.69, 9.17) is 33.2 Å². The molecule has 0 saturated carbocycles. The van der Waals surface area contributed by atoms with E-state index < -0.39 is 24.2 Å². The first-order chi connectivity index (χ1) is 16.8. The van der Waals surface area contributed by atoms with Gasteiger partial charge in [0.05, 0.1) is 31.5 Å². The van der Waals surface area contributed by atoms with Gasteiger partial charge >= 0.3 is 12.1 Å². The largest absolute Gasteiger partial charge is 0.407 e. The Kier molecular flexibility index (Phi) is 6.14. The van der Waals surface area contributed by atoms with Crippen molar-refractivity contribution >= 4 is 0 Å². The van der Waals surface area contributed by atoms with E-state index in [-0.39, 0.29) is 49.1 Å². The van der Waals surface area contributed by atoms with Crippen LogP contribution >= 0.6 is 0 Å². The number of rotatable bonds is 9. The normalized spacial score (nSPS) is 42.2. The minimum Gasteiger partial charge on any atom is -0.394 e. The number of hydrogen-bond donors (Lipinski definition) is 1. The maximum atomic E-state index is 9.44. The third-order valence-electron chi connectivity index (χ3n) is 7.52. The number of aliphatic hydroxyl groups excluding tert-OH is 1. The Morgan fingerprint density at radius 3 is 2.46 bits per heavy atom. The van der Waals surface area contributed by atoms with Gasteiger partial charge in [0.25, 0.3) is 0 Å². The molecule has 5 aliphatic heterocycles. The summed E-state index contributed by atoms with van der Waals surface area (Å²) >= 11 is 0. The van der Waals surface area contributed by atoms with Crippen molar-refractivity contribution in [1.82, 2.24) is 0 Å². The smallest absolute Gasteiger partial charge is 0.394 e. The maximum Gasteiger partial charge on any atom is 0.407 e. The van der Waals surface area contributed by atoms with Gasteiger partial charge in [-0.2, -0.15) is 0 Å². The fourth-order valence-electron chi connectivity index (χ4n) is 5.74. The minimum atomic E-state index is -0.911. The van der Waals surface area contributed by atoms with E-state index in [9.17, 15) is 5.11 Å². The summed E-state index contributed by atoms with van der Waals surface area (Å²) in [5, 5.41) is 9.44. The van der Waals surface area contributed by atoms with Crippen molar-refractivity contribution in [2.24, 2.45) is 5.92 Å². The lowest BCUT2D eigenvalue weighted by Crippen LogP contribution is -2.45. The van der Waals surface area contributed by atoms with Crippen LogP contribution in [0.3, 0.4) is 0 Å². The van der Waals surface area contributed by atoms with Crippen LogP contribution in [0.15, 0.2) is 30.3 Å². The summed E-state index contributed by atoms with van der Waals surface area (Å²) in [5.41, 5.74) is 1.09. The van der Waals surface area contributed by atoms with E-state index in [2.05, 4.69) is 10.9 Å². The van der Waals surface area contributed by atoms with Crippen LogP contribution in [-0.4, -0.2) is 72.4 Å². The first-order valence-electron chi connectivity index (χ1n) is 12.6. The molecule has 5 heterocycles. The van der Waals surface area contributed by atoms with E-state index in [0.29, 0.717) is 25.9 Å². The van der Waals surface area contributed by atoms with E-state index >= 15 is 0 Å². The molecule has 10 atom stereocenters. The summed E-state index contributed by atoms with van der Waals surface area (Å²) < 4.78 is 43.3. The highest BCUT2D eigenvalue weighted by Crippen LogP contribution is 2.47. The highest BCUT2D eigenvalue weighted by atomic mass is 16.8. The molecule has 1 aromatic rings. The lowest BCUT2D eigenvalue weighted by atomic mass is 9.86. The van der Waals surface area contributed by atoms with Gasteiger partial charge in [-0.3, -0.25) is 0 Å². The van der Waals surface area contributed by atoms with Gasteiger partial charge in [-0.15, -0.1) is 0 Å². The second kappa shape index (κ2) is 9.05. The Labute approximate surface area is 205 Å². The summed E-state index contributed by atoms with van der Waals surface area (Å²) in [6.07, 6.45) is -0.0702. The number of benzene rings is 1. The number of hydrogen-bond acceptors (Lipinski definition) is 8. The predicted octanol–water partition coefficient (Wildman–Crippen LogP) is 2.80. The zero-order valence-corrected chi connectivity index (χ0v) is 20.4. The maximum absolute atomic E-state index is 9.44. The molecule has 4 fully saturated rings. The molecular formula is C26H34NO8+. The fraction of sp³-hybridized carbons (Fsp3) is 0.731. The van der Waals surface area contributed by atoms with Crippen molar-refractivity contribution < 1.29 is 38.3 Å². The number of nitrogens with zero attached hydrogens (tertiary/aromatic N) is 1. The Balaban J connectivity index is 1.18. The Bertz CT molecular complexity index is 939. The van der Waals surface area contributed by atoms with Crippen LogP contribution in [0.4, 0.5) is 0 Å². The summed E-state index contributed by atoms with van der Waals surface area (Å²) in [6.45, 7) is 6.16. The molecule has 0 bridgehead atoms. The van der Waals surface area contributed by atoms with Gasteiger partial charge < -0.3 is 38.3 Å². The van der Waals surface area contributed by atoms with Crippen molar-refractivity contribution in [2.75, 3.05) is 6.61 Å². The Hall–Kier alpha value is -1.61. The summed E-state index contributed by atoms with van der Waals surface area (Å²) in [7, 11) is 0. The zero-order valence-electron chi connectivity index (χ0n) is 20.4. The van der Waals surface area contributed by atoms with E-state index in [0.717, 1.165) is 5.56 Å². The molecule has 0 aliphatic carbocycles. The molecule has 9 nitrogen and oxygen atoms in total. The minimum absolute atomic E-state index is 0.0446. The van der Waals surface area contributed by atoms with Gasteiger partial charge in [0.2, 0.25) is 0 Å². The van der Waals surface area contributed by atoms with Gasteiger partial charge in [-0.05, 0) is 37.6 Å². The molecule has 190 valence electrons. The molecule has 0 amide bonds. The van der Waals surface area contributed by atoms with Crippen LogP contribution in [0, 0.1) is 12.0 Å². The lowest BCUT2D eigenvalue weighted by molar-refractivity contribution is -0.251. The molecule has 4 saturated heterocycles. The van der Waals surface area contributed by atoms with Crippen molar-refractivity contribution in [3.8, 4) is 6.07 Å². The highest BCUT2D eigenvalue weighted by Gasteiger charge is 2.62. The molecule has 3 unspecified atom stereocenters. The summed E-state index contributed by atoms with van der Waals surface area (Å²) in [5.74, 6) is -1.69. The number of fused-ring (bicyclic) bond motifs is 2. The molecule has 1 N–H and O–H groups in total. The van der Waals surface area contributed by atoms with Crippen molar-refractivity contribution in [3.63, 3.8) is 0 Å². The van der Waals surface area contributed by atoms with Crippen LogP contribution in [0.2, 0.25) is 0 Å². The summed E-state index contributed by atoms with van der Waals surface area (Å²) in [6, 6.07) is 13.1. The van der Waals surface area contributed by atoms with E-state index in [1.165, 1.54) is 0 Å². The van der Waals surface area contributed by atoms with Crippen LogP contribution in [0.25, 0.3) is 4.85 Å². The second-order valence-corrected chi connectivity index (χ2v) is 10.7. The third kappa shape index (κ3) is 4.87. The molecule has 9 heteroatoms. The quantitative estimate of drug-likeness (QED) is 0.568. The van der Waals surface area contributed by atoms with Crippen molar-refractivity contribution in [3.05, 3.63) is 40.7 Å². The molecule has 35 heavy (non-hydrogen) atoms. The van der Waals surface area contributed by atoms with Crippen LogP contribution in [0.5, 0.6) is 0 Å². The topological polar surface area (TPSA) is 89.2 Å². The SMILES string of the molecule is CC1(C)O[C@H]2O[C@H]([C@@H](CC(C3C#[N+]3)C3(C)O[C@H]4O[C@H](CO)C[C@H]4O3)OCc3ccccc3)C[C@H]2O1. The fourth-order valence-corrected chi connectivity index (χ4v) is 5.74. The Morgan fingerprint density at radius 1 is 1.03 bits per heavy atom. The van der Waals surface area contributed by atoms with Crippen LogP contribution in [0.1, 0.15) is 45.6 Å². The van der Waals surface area contributed by atoms with Crippen LogP contribution in [-0.2, 0) is 39.8 Å². The predicted molar refractivity (Wildman–Crippen MR) is 122 cm³/mol. The first-order valence-corrected chi connectivity index (χ1v) is 12.6. The monoisotopic (exact) mass is 488 g/mol. The molecule has 5 aliphatic rings. The highest BCUT2D eigenvalue weighted by molar-refractivity contribution is 5.27. The Morgan fingerprint density at radius 2 is 1.77 bits per heavy atom. The van der Waals surface area contributed by atoms with Gasteiger partial charge in [0, 0.05) is 12.8 Å². The van der Waals surface area contributed by atoms with Gasteiger partial charge in [0.1, 0.15) is 18.1 Å². The van der Waals surface area contributed by atoms with Crippen molar-refractivity contribution in [2.45, 2.75) is 107 Å². The van der Waals surface area contributed by atoms with Gasteiger partial charge in [-0.25, -0.2) is 0 Å². The molecule has 0 radical (unpaired) electrons. The zero-order chi connectivity index (χ0) is 24.2. The molecule has 6 rings (SSSR count). The number of aliphatic hydroxyl groups is 1. The lowest BCUT2D eigenvalue weighted by Gasteiger charge is -2.34. The molecular weight excluding hydrogens is 454 g/mol. The van der Waals surface area contributed by atoms with Crippen molar-refractivity contribution in [1.29, 1.82) is 0 Å². The second-order valence-electron chi connectivity index (χ2n) is 10.7. The average molecular weight is 489 g/mol. The van der Waals surface area contributed by atoms with Gasteiger partial charge in [-0.1, -0.05) is 30.3 Å². The van der Waals surface area contributed by atoms with Crippen LogP contribution < -0.4 is 0 Å². The molecule has 0 aromatic heterocycles. The van der Waals surface area contributed by atoms with E-state index in [1.807, 2.05) is 51.1 Å². The summed E-state index contributed by atoms with van der Waals surface area (Å²) in [4.78, 5) is 4.36. The third-order valence-corrected chi connectivity index (χ3v) is 7.52.